The van der Waals surface area contributed by atoms with E-state index in [4.69, 9.17) is 25.8 Å². The minimum atomic E-state index is -0.582. The van der Waals surface area contributed by atoms with Crippen molar-refractivity contribution in [1.82, 2.24) is 31.5 Å². The number of thioether (sulfide) groups is 1. The number of amides is 2. The monoisotopic (exact) mass is 600 g/mol. The second-order valence-corrected chi connectivity index (χ2v) is 14.3. The van der Waals surface area contributed by atoms with Crippen molar-refractivity contribution >= 4 is 35.2 Å². The van der Waals surface area contributed by atoms with Crippen LogP contribution >= 0.6 is 23.4 Å². The molecule has 13 heteroatoms. The van der Waals surface area contributed by atoms with E-state index >= 15 is 0 Å². The van der Waals surface area contributed by atoms with Crippen molar-refractivity contribution in [1.29, 1.82) is 0 Å². The van der Waals surface area contributed by atoms with Gasteiger partial charge in [0.2, 0.25) is 5.91 Å². The number of nitrogens with one attached hydrogen (secondary N) is 5. The van der Waals surface area contributed by atoms with Crippen LogP contribution in [0.25, 0.3) is 0 Å². The first kappa shape index (κ1) is 29.4. The van der Waals surface area contributed by atoms with Gasteiger partial charge in [0.15, 0.2) is 6.23 Å². The van der Waals surface area contributed by atoms with Crippen molar-refractivity contribution in [2.45, 2.75) is 97.9 Å². The number of halogens is 1. The maximum absolute atomic E-state index is 13.6. The molecule has 6 fully saturated rings. The highest BCUT2D eigenvalue weighted by molar-refractivity contribution is 8.00. The molecule has 2 amide bonds. The Bertz CT molecular complexity index is 924. The van der Waals surface area contributed by atoms with E-state index < -0.39 is 6.23 Å². The summed E-state index contributed by atoms with van der Waals surface area (Å²) in [5.74, 6) is 0.368. The summed E-state index contributed by atoms with van der Waals surface area (Å²) in [7, 11) is 3.50. The number of likely N-dealkylation sites (tertiary alicyclic amines) is 1. The number of carbonyl (C=O) groups is 2. The number of fused-ring (bicyclic) bond motifs is 2. The smallest absolute Gasteiger partial charge is 0.266 e. The molecule has 13 unspecified atom stereocenters. The third kappa shape index (κ3) is 6.03. The lowest BCUT2D eigenvalue weighted by Gasteiger charge is -2.45. The van der Waals surface area contributed by atoms with Crippen molar-refractivity contribution < 1.29 is 23.8 Å². The van der Waals surface area contributed by atoms with Gasteiger partial charge in [-0.25, -0.2) is 0 Å². The van der Waals surface area contributed by atoms with Gasteiger partial charge in [0, 0.05) is 63.8 Å². The molecule has 0 aromatic carbocycles. The molecule has 13 atom stereocenters. The van der Waals surface area contributed by atoms with Gasteiger partial charge in [-0.05, 0) is 50.9 Å². The number of hydrogen-bond donors (Lipinski definition) is 5. The molecule has 5 heterocycles. The average molecular weight is 601 g/mol. The summed E-state index contributed by atoms with van der Waals surface area (Å²) >= 11 is 8.20. The molecule has 5 aliphatic heterocycles. The Balaban J connectivity index is 1.01. The zero-order valence-corrected chi connectivity index (χ0v) is 25.2. The van der Waals surface area contributed by atoms with E-state index in [9.17, 15) is 9.59 Å². The molecule has 11 nitrogen and oxygen atoms in total. The molecule has 6 aliphatic rings. The summed E-state index contributed by atoms with van der Waals surface area (Å²) in [6, 6.07) is 0.656. The predicted molar refractivity (Wildman–Crippen MR) is 153 cm³/mol. The quantitative estimate of drug-likeness (QED) is 0.210. The lowest BCUT2D eigenvalue weighted by atomic mass is 9.70. The van der Waals surface area contributed by atoms with E-state index in [1.165, 1.54) is 0 Å². The zero-order chi connectivity index (χ0) is 28.0. The van der Waals surface area contributed by atoms with E-state index in [1.54, 1.807) is 26.0 Å². The third-order valence-electron chi connectivity index (χ3n) is 10.0. The van der Waals surface area contributed by atoms with Gasteiger partial charge < -0.3 is 29.7 Å². The molecule has 0 radical (unpaired) electrons. The van der Waals surface area contributed by atoms with Crippen LogP contribution in [0.2, 0.25) is 0 Å². The molecule has 1 saturated carbocycles. The van der Waals surface area contributed by atoms with Crippen LogP contribution in [0.3, 0.4) is 0 Å². The Morgan fingerprint density at radius 3 is 2.62 bits per heavy atom. The fraction of sp³-hybridized carbons (Fsp3) is 0.926. The Kier molecular flexibility index (Phi) is 9.18. The molecule has 0 spiro atoms. The largest absolute Gasteiger partial charge is 0.381 e. The van der Waals surface area contributed by atoms with Crippen LogP contribution in [0, 0.1) is 17.8 Å². The summed E-state index contributed by atoms with van der Waals surface area (Å²) in [6.45, 7) is 4.81. The van der Waals surface area contributed by atoms with E-state index in [-0.39, 0.29) is 76.2 Å². The minimum Gasteiger partial charge on any atom is -0.381 e. The SMILES string of the molecule is COC1CCC2OC(C(=O)N3CC4NC(NC(=O)C5CNC(C)CC5C5CC(Cl)NCC5OC)SC4C3)NC2C1. The number of rotatable bonds is 6. The van der Waals surface area contributed by atoms with Crippen LogP contribution < -0.4 is 26.6 Å². The molecule has 5 N–H and O–H groups in total. The molecule has 1 aliphatic carbocycles. The Morgan fingerprint density at radius 1 is 1.00 bits per heavy atom. The summed E-state index contributed by atoms with van der Waals surface area (Å²) in [4.78, 5) is 28.8. The predicted octanol–water partition coefficient (Wildman–Crippen LogP) is -0.0124. The Labute approximate surface area is 246 Å². The fourth-order valence-electron chi connectivity index (χ4n) is 7.81. The Hall–Kier alpha value is -0.700. The van der Waals surface area contributed by atoms with E-state index in [0.717, 1.165) is 32.1 Å². The van der Waals surface area contributed by atoms with Crippen LogP contribution in [-0.4, -0.2) is 116 Å². The highest BCUT2D eigenvalue weighted by Crippen LogP contribution is 2.39. The van der Waals surface area contributed by atoms with E-state index in [0.29, 0.717) is 32.2 Å². The summed E-state index contributed by atoms with van der Waals surface area (Å²) in [6.07, 6.45) is 4.24. The summed E-state index contributed by atoms with van der Waals surface area (Å²) < 4.78 is 17.5. The number of piperidine rings is 2. The zero-order valence-electron chi connectivity index (χ0n) is 23.6. The summed E-state index contributed by atoms with van der Waals surface area (Å²) in [5.41, 5.74) is -0.264. The van der Waals surface area contributed by atoms with E-state index in [2.05, 4.69) is 33.5 Å². The van der Waals surface area contributed by atoms with Crippen molar-refractivity contribution in [2.24, 2.45) is 17.8 Å². The topological polar surface area (TPSA) is 125 Å². The highest BCUT2D eigenvalue weighted by atomic mass is 35.5. The average Bonchev–Trinajstić information content (AvgIpc) is 3.65. The highest BCUT2D eigenvalue weighted by Gasteiger charge is 2.49. The standard InChI is InChI=1S/C27H45ClN6O5S/c1-13-6-15(16-8-23(28)30-10-21(16)38-3)17(9-29-13)24(35)33-27-32-19-11-34(12-22(19)40-27)26(36)25-31-18-7-14(37-2)4-5-20(18)39-25/h13-23,25,27,29-32H,4-12H2,1-3H3,(H,33,35). The van der Waals surface area contributed by atoms with Crippen LogP contribution in [0.1, 0.15) is 39.0 Å². The first-order chi connectivity index (χ1) is 19.3. The molecule has 226 valence electrons. The molecule has 6 rings (SSSR count). The molecular formula is C27H45ClN6O5S. The van der Waals surface area contributed by atoms with E-state index in [1.807, 2.05) is 4.90 Å². The minimum absolute atomic E-state index is 0.0123. The molecule has 0 bridgehead atoms. The van der Waals surface area contributed by atoms with Gasteiger partial charge in [-0.1, -0.05) is 0 Å². The lowest BCUT2D eigenvalue weighted by Crippen LogP contribution is -2.57. The van der Waals surface area contributed by atoms with Crippen molar-refractivity contribution in [3.63, 3.8) is 0 Å². The maximum atomic E-state index is 13.6. The molecule has 0 aromatic rings. The van der Waals surface area contributed by atoms with Gasteiger partial charge in [0.1, 0.15) is 5.50 Å². The number of ether oxygens (including phenoxy) is 3. The molecule has 0 aromatic heterocycles. The summed E-state index contributed by atoms with van der Waals surface area (Å²) in [5, 5.41) is 17.3. The molecule has 40 heavy (non-hydrogen) atoms. The van der Waals surface area contributed by atoms with Crippen LogP contribution in [0.15, 0.2) is 0 Å². The fourth-order valence-corrected chi connectivity index (χ4v) is 9.51. The number of hydrogen-bond acceptors (Lipinski definition) is 10. The number of nitrogens with zero attached hydrogens (tertiary/aromatic N) is 1. The first-order valence-electron chi connectivity index (χ1n) is 14.9. The van der Waals surface area contributed by atoms with Gasteiger partial charge in [0.25, 0.3) is 5.91 Å². The van der Waals surface area contributed by atoms with Crippen LogP contribution in [0.5, 0.6) is 0 Å². The van der Waals surface area contributed by atoms with Crippen molar-refractivity contribution in [2.75, 3.05) is 40.4 Å². The van der Waals surface area contributed by atoms with Gasteiger partial charge in [-0.2, -0.15) is 0 Å². The van der Waals surface area contributed by atoms with Gasteiger partial charge >= 0.3 is 0 Å². The van der Waals surface area contributed by atoms with Crippen molar-refractivity contribution in [3.05, 3.63) is 0 Å². The normalized spacial score (nSPS) is 47.1. The lowest BCUT2D eigenvalue weighted by molar-refractivity contribution is -0.143. The van der Waals surface area contributed by atoms with Gasteiger partial charge in [-0.3, -0.25) is 25.5 Å². The number of alkyl halides is 1. The van der Waals surface area contributed by atoms with Gasteiger partial charge in [-0.15, -0.1) is 23.4 Å². The van der Waals surface area contributed by atoms with Crippen LogP contribution in [0.4, 0.5) is 0 Å². The number of carbonyl (C=O) groups excluding carboxylic acids is 2. The van der Waals surface area contributed by atoms with Crippen LogP contribution in [-0.2, 0) is 23.8 Å². The first-order valence-corrected chi connectivity index (χ1v) is 16.3. The Morgan fingerprint density at radius 2 is 1.85 bits per heavy atom. The molecular weight excluding hydrogens is 556 g/mol. The molecule has 5 saturated heterocycles. The third-order valence-corrected chi connectivity index (χ3v) is 11.7. The second-order valence-electron chi connectivity index (χ2n) is 12.4. The van der Waals surface area contributed by atoms with Gasteiger partial charge in [0.05, 0.1) is 29.7 Å². The number of methoxy groups -OCH3 is 2. The second kappa shape index (κ2) is 12.5. The maximum Gasteiger partial charge on any atom is 0.266 e. The van der Waals surface area contributed by atoms with Crippen molar-refractivity contribution in [3.8, 4) is 0 Å².